The zero-order chi connectivity index (χ0) is 15.6. The molecule has 0 heterocycles. The predicted molar refractivity (Wildman–Crippen MR) is 78.5 cm³/mol. The lowest BCUT2D eigenvalue weighted by molar-refractivity contribution is 0.415. The van der Waals surface area contributed by atoms with Gasteiger partial charge in [0.1, 0.15) is 16.6 Å². The van der Waals surface area contributed by atoms with E-state index in [-0.39, 0.29) is 10.7 Å². The van der Waals surface area contributed by atoms with E-state index in [0.717, 1.165) is 0 Å². The minimum absolute atomic E-state index is 0.0724. The zero-order valence-electron chi connectivity index (χ0n) is 10.9. The van der Waals surface area contributed by atoms with Gasteiger partial charge in [-0.15, -0.1) is 0 Å². The van der Waals surface area contributed by atoms with Gasteiger partial charge in [-0.3, -0.25) is 0 Å². The second kappa shape index (κ2) is 6.01. The van der Waals surface area contributed by atoms with Gasteiger partial charge in [-0.1, -0.05) is 12.2 Å². The highest BCUT2D eigenvalue weighted by molar-refractivity contribution is 7.80. The topological polar surface area (TPSA) is 47.3 Å². The smallest absolute Gasteiger partial charge is 0.161 e. The Morgan fingerprint density at radius 3 is 2.33 bits per heavy atom. The van der Waals surface area contributed by atoms with Crippen LogP contribution in [0.4, 0.5) is 24.5 Å². The third kappa shape index (κ3) is 3.25. The average molecular weight is 312 g/mol. The molecule has 0 aliphatic rings. The van der Waals surface area contributed by atoms with Crippen LogP contribution >= 0.6 is 12.2 Å². The van der Waals surface area contributed by atoms with E-state index in [2.05, 4.69) is 5.32 Å². The molecule has 0 saturated heterocycles. The highest BCUT2D eigenvalue weighted by Crippen LogP contribution is 2.28. The number of nitrogens with one attached hydrogen (secondary N) is 1. The Balaban J connectivity index is 2.47. The van der Waals surface area contributed by atoms with Crippen molar-refractivity contribution in [3.8, 4) is 5.75 Å². The van der Waals surface area contributed by atoms with Gasteiger partial charge in [0.05, 0.1) is 18.5 Å². The summed E-state index contributed by atoms with van der Waals surface area (Å²) in [5, 5.41) is 2.64. The van der Waals surface area contributed by atoms with Crippen LogP contribution in [0.2, 0.25) is 0 Å². The molecule has 0 unspecified atom stereocenters. The highest BCUT2D eigenvalue weighted by Gasteiger charge is 2.13. The van der Waals surface area contributed by atoms with E-state index in [1.165, 1.54) is 13.2 Å². The lowest BCUT2D eigenvalue weighted by atomic mass is 10.1. The molecule has 0 radical (unpaired) electrons. The summed E-state index contributed by atoms with van der Waals surface area (Å²) in [5.74, 6) is -2.90. The molecule has 0 aromatic heterocycles. The quantitative estimate of drug-likeness (QED) is 0.670. The normalized spacial score (nSPS) is 10.3. The number of anilines is 2. The molecule has 0 atom stereocenters. The summed E-state index contributed by atoms with van der Waals surface area (Å²) < 4.78 is 44.8. The number of benzene rings is 2. The summed E-state index contributed by atoms with van der Waals surface area (Å²) in [4.78, 5) is 0.0724. The van der Waals surface area contributed by atoms with Crippen LogP contribution < -0.4 is 15.8 Å². The van der Waals surface area contributed by atoms with Gasteiger partial charge >= 0.3 is 0 Å². The summed E-state index contributed by atoms with van der Waals surface area (Å²) in [6, 6.07) is 5.91. The van der Waals surface area contributed by atoms with Crippen LogP contribution in [0.1, 0.15) is 5.56 Å². The van der Waals surface area contributed by atoms with Crippen LogP contribution in [0.3, 0.4) is 0 Å². The molecular formula is C14H11F3N2OS. The SMILES string of the molecule is COc1ccc(C(N)=S)c(Nc2cc(F)c(F)cc2F)c1. The van der Waals surface area contributed by atoms with Crippen molar-refractivity contribution in [3.05, 3.63) is 53.3 Å². The maximum absolute atomic E-state index is 13.7. The van der Waals surface area contributed by atoms with Crippen molar-refractivity contribution in [2.75, 3.05) is 12.4 Å². The summed E-state index contributed by atoms with van der Waals surface area (Å²) in [5.41, 5.74) is 6.09. The van der Waals surface area contributed by atoms with Crippen molar-refractivity contribution in [1.29, 1.82) is 0 Å². The number of hydrogen-bond acceptors (Lipinski definition) is 3. The van der Waals surface area contributed by atoms with Crippen molar-refractivity contribution < 1.29 is 17.9 Å². The molecule has 2 aromatic carbocycles. The number of thiocarbonyl (C=S) groups is 1. The fourth-order valence-electron chi connectivity index (χ4n) is 1.73. The third-order valence-corrected chi connectivity index (χ3v) is 2.99. The number of ether oxygens (including phenoxy) is 1. The average Bonchev–Trinajstić information content (AvgIpc) is 2.44. The summed E-state index contributed by atoms with van der Waals surface area (Å²) in [6.45, 7) is 0. The Kier molecular flexibility index (Phi) is 4.32. The molecule has 3 N–H and O–H groups in total. The maximum atomic E-state index is 13.7. The van der Waals surface area contributed by atoms with Crippen LogP contribution in [0, 0.1) is 17.5 Å². The second-order valence-corrected chi connectivity index (χ2v) is 4.59. The molecule has 0 amide bonds. The lowest BCUT2D eigenvalue weighted by Gasteiger charge is -2.13. The first-order valence-corrected chi connectivity index (χ1v) is 6.22. The molecule has 0 bridgehead atoms. The van der Waals surface area contributed by atoms with Crippen LogP contribution in [0.15, 0.2) is 30.3 Å². The van der Waals surface area contributed by atoms with Crippen LogP contribution in [-0.2, 0) is 0 Å². The largest absolute Gasteiger partial charge is 0.497 e. The fourth-order valence-corrected chi connectivity index (χ4v) is 1.91. The van der Waals surface area contributed by atoms with E-state index in [1.54, 1.807) is 12.1 Å². The molecule has 7 heteroatoms. The first-order chi connectivity index (χ1) is 9.92. The predicted octanol–water partition coefficient (Wildman–Crippen LogP) is 3.49. The van der Waals surface area contributed by atoms with Crippen molar-refractivity contribution in [1.82, 2.24) is 0 Å². The first-order valence-electron chi connectivity index (χ1n) is 5.81. The third-order valence-electron chi connectivity index (χ3n) is 2.77. The second-order valence-electron chi connectivity index (χ2n) is 4.15. The molecule has 110 valence electrons. The highest BCUT2D eigenvalue weighted by atomic mass is 32.1. The molecule has 0 spiro atoms. The Morgan fingerprint density at radius 2 is 1.71 bits per heavy atom. The van der Waals surface area contributed by atoms with Gasteiger partial charge in [0.2, 0.25) is 0 Å². The van der Waals surface area contributed by atoms with E-state index in [1.807, 2.05) is 0 Å². The minimum atomic E-state index is -1.27. The van der Waals surface area contributed by atoms with E-state index in [9.17, 15) is 13.2 Å². The number of hydrogen-bond donors (Lipinski definition) is 2. The van der Waals surface area contributed by atoms with Crippen molar-refractivity contribution in [3.63, 3.8) is 0 Å². The van der Waals surface area contributed by atoms with Crippen LogP contribution in [-0.4, -0.2) is 12.1 Å². The van der Waals surface area contributed by atoms with Crippen molar-refractivity contribution >= 4 is 28.6 Å². The Labute approximate surface area is 124 Å². The molecular weight excluding hydrogens is 301 g/mol. The molecule has 3 nitrogen and oxygen atoms in total. The van der Waals surface area contributed by atoms with E-state index in [0.29, 0.717) is 29.1 Å². The molecule has 2 aromatic rings. The number of halogens is 3. The minimum Gasteiger partial charge on any atom is -0.497 e. The Hall–Kier alpha value is -2.28. The van der Waals surface area contributed by atoms with Crippen LogP contribution in [0.25, 0.3) is 0 Å². The van der Waals surface area contributed by atoms with Gasteiger partial charge in [-0.2, -0.15) is 0 Å². The molecule has 21 heavy (non-hydrogen) atoms. The Morgan fingerprint density at radius 1 is 1.05 bits per heavy atom. The number of rotatable bonds is 4. The number of nitrogens with two attached hydrogens (primary N) is 1. The zero-order valence-corrected chi connectivity index (χ0v) is 11.7. The number of methoxy groups -OCH3 is 1. The Bertz CT molecular complexity index is 707. The summed E-state index contributed by atoms with van der Waals surface area (Å²) in [7, 11) is 1.46. The summed E-state index contributed by atoms with van der Waals surface area (Å²) in [6.07, 6.45) is 0. The van der Waals surface area contributed by atoms with Gasteiger partial charge < -0.3 is 15.8 Å². The van der Waals surface area contributed by atoms with Gasteiger partial charge in [-0.25, -0.2) is 13.2 Å². The molecule has 0 aliphatic carbocycles. The standard InChI is InChI=1S/C14H11F3N2OS/c1-20-7-2-3-8(14(18)21)12(4-7)19-13-6-10(16)9(15)5-11(13)17/h2-6,19H,1H3,(H2,18,21). The molecule has 0 fully saturated rings. The van der Waals surface area contributed by atoms with E-state index >= 15 is 0 Å². The van der Waals surface area contributed by atoms with Crippen LogP contribution in [0.5, 0.6) is 5.75 Å². The van der Waals surface area contributed by atoms with Crippen molar-refractivity contribution in [2.45, 2.75) is 0 Å². The van der Waals surface area contributed by atoms with Gasteiger partial charge in [-0.05, 0) is 12.1 Å². The maximum Gasteiger partial charge on any atom is 0.161 e. The fraction of sp³-hybridized carbons (Fsp3) is 0.0714. The van der Waals surface area contributed by atoms with Crippen molar-refractivity contribution in [2.24, 2.45) is 5.73 Å². The lowest BCUT2D eigenvalue weighted by Crippen LogP contribution is -2.12. The molecule has 0 saturated carbocycles. The molecule has 2 rings (SSSR count). The monoisotopic (exact) mass is 312 g/mol. The van der Waals surface area contributed by atoms with E-state index in [4.69, 9.17) is 22.7 Å². The summed E-state index contributed by atoms with van der Waals surface area (Å²) >= 11 is 4.89. The molecule has 0 aliphatic heterocycles. The van der Waals surface area contributed by atoms with Gasteiger partial charge in [0.15, 0.2) is 11.6 Å². The van der Waals surface area contributed by atoms with Gasteiger partial charge in [0.25, 0.3) is 0 Å². The van der Waals surface area contributed by atoms with E-state index < -0.39 is 17.5 Å². The first kappa shape index (κ1) is 15.1. The van der Waals surface area contributed by atoms with Gasteiger partial charge in [0, 0.05) is 23.8 Å².